The van der Waals surface area contributed by atoms with Gasteiger partial charge in [0.25, 0.3) is 0 Å². The Morgan fingerprint density at radius 2 is 2.30 bits per heavy atom. The number of nitrogens with zero attached hydrogens (tertiary/aromatic N) is 2. The van der Waals surface area contributed by atoms with Crippen LogP contribution in [0.4, 0.5) is 4.79 Å². The Balaban J connectivity index is 1.30. The minimum Gasteiger partial charge on any atom is -0.338 e. The molecule has 2 amide bonds. The van der Waals surface area contributed by atoms with Crippen molar-refractivity contribution in [2.45, 2.75) is 37.8 Å². The topological polar surface area (TPSA) is 59.0 Å². The van der Waals surface area contributed by atoms with Gasteiger partial charge >= 0.3 is 6.03 Å². The number of carbonyl (C=O) groups excluding carboxylic acids is 1. The third-order valence-corrected chi connectivity index (χ3v) is 4.31. The van der Waals surface area contributed by atoms with Crippen LogP contribution in [0.2, 0.25) is 5.02 Å². The maximum atomic E-state index is 11.9. The SMILES string of the molecule is O=C(NCCCCn1ccnc1)N[C@@H]1C[C@@H]1c1cccc(Cl)c1. The van der Waals surface area contributed by atoms with Gasteiger partial charge < -0.3 is 15.2 Å². The number of aryl methyl sites for hydroxylation is 1. The average molecular weight is 333 g/mol. The highest BCUT2D eigenvalue weighted by Gasteiger charge is 2.39. The molecule has 2 N–H and O–H groups in total. The molecule has 3 rings (SSSR count). The zero-order valence-corrected chi connectivity index (χ0v) is 13.7. The monoisotopic (exact) mass is 332 g/mol. The van der Waals surface area contributed by atoms with E-state index >= 15 is 0 Å². The molecule has 1 aromatic heterocycles. The summed E-state index contributed by atoms with van der Waals surface area (Å²) in [6.07, 6.45) is 8.48. The molecule has 1 saturated carbocycles. The lowest BCUT2D eigenvalue weighted by molar-refractivity contribution is 0.240. The molecule has 23 heavy (non-hydrogen) atoms. The van der Waals surface area contributed by atoms with Gasteiger partial charge in [-0.3, -0.25) is 0 Å². The average Bonchev–Trinajstić information content (AvgIpc) is 3.09. The molecule has 1 aromatic carbocycles. The summed E-state index contributed by atoms with van der Waals surface area (Å²) < 4.78 is 2.04. The van der Waals surface area contributed by atoms with E-state index in [1.807, 2.05) is 35.3 Å². The number of nitrogens with one attached hydrogen (secondary N) is 2. The number of amides is 2. The van der Waals surface area contributed by atoms with E-state index in [-0.39, 0.29) is 12.1 Å². The van der Waals surface area contributed by atoms with E-state index < -0.39 is 0 Å². The van der Waals surface area contributed by atoms with Crippen molar-refractivity contribution in [1.29, 1.82) is 0 Å². The lowest BCUT2D eigenvalue weighted by Gasteiger charge is -2.08. The molecule has 1 aliphatic carbocycles. The number of imidazole rings is 1. The van der Waals surface area contributed by atoms with Crippen LogP contribution in [0.3, 0.4) is 0 Å². The summed E-state index contributed by atoms with van der Waals surface area (Å²) in [6.45, 7) is 1.62. The Hall–Kier alpha value is -2.01. The fraction of sp³-hybridized carbons (Fsp3) is 0.412. The van der Waals surface area contributed by atoms with E-state index in [2.05, 4.69) is 21.7 Å². The zero-order valence-electron chi connectivity index (χ0n) is 12.9. The van der Waals surface area contributed by atoms with Crippen molar-refractivity contribution in [1.82, 2.24) is 20.2 Å². The molecule has 5 nitrogen and oxygen atoms in total. The number of benzene rings is 1. The van der Waals surface area contributed by atoms with Crippen molar-refractivity contribution in [2.24, 2.45) is 0 Å². The van der Waals surface area contributed by atoms with Crippen LogP contribution >= 0.6 is 11.6 Å². The van der Waals surface area contributed by atoms with Gasteiger partial charge in [0.1, 0.15) is 0 Å². The molecule has 122 valence electrons. The van der Waals surface area contributed by atoms with Crippen LogP contribution in [0.1, 0.15) is 30.7 Å². The van der Waals surface area contributed by atoms with Gasteiger partial charge in [-0.05, 0) is 37.0 Å². The Labute approximate surface area is 141 Å². The molecule has 2 aromatic rings. The van der Waals surface area contributed by atoms with E-state index in [9.17, 15) is 4.79 Å². The first kappa shape index (κ1) is 15.9. The predicted octanol–water partition coefficient (Wildman–Crippen LogP) is 3.17. The van der Waals surface area contributed by atoms with Gasteiger partial charge in [-0.25, -0.2) is 9.78 Å². The first-order chi connectivity index (χ1) is 11.2. The summed E-state index contributed by atoms with van der Waals surface area (Å²) in [5.41, 5.74) is 1.20. The molecule has 0 bridgehead atoms. The zero-order chi connectivity index (χ0) is 16.1. The molecule has 0 aliphatic heterocycles. The molecule has 0 saturated heterocycles. The lowest BCUT2D eigenvalue weighted by Crippen LogP contribution is -2.37. The number of aromatic nitrogens is 2. The van der Waals surface area contributed by atoms with Crippen molar-refractivity contribution < 1.29 is 4.79 Å². The number of hydrogen-bond donors (Lipinski definition) is 2. The highest BCUT2D eigenvalue weighted by atomic mass is 35.5. The van der Waals surface area contributed by atoms with Gasteiger partial charge in [-0.2, -0.15) is 0 Å². The Morgan fingerprint density at radius 3 is 3.09 bits per heavy atom. The third-order valence-electron chi connectivity index (χ3n) is 4.07. The molecule has 0 spiro atoms. The highest BCUT2D eigenvalue weighted by molar-refractivity contribution is 6.30. The molecular weight excluding hydrogens is 312 g/mol. The van der Waals surface area contributed by atoms with Crippen LogP contribution in [0, 0.1) is 0 Å². The van der Waals surface area contributed by atoms with Gasteiger partial charge in [-0.1, -0.05) is 23.7 Å². The summed E-state index contributed by atoms with van der Waals surface area (Å²) in [5, 5.41) is 6.68. The summed E-state index contributed by atoms with van der Waals surface area (Å²) in [6, 6.07) is 8.00. The lowest BCUT2D eigenvalue weighted by atomic mass is 10.1. The summed E-state index contributed by atoms with van der Waals surface area (Å²) in [5.74, 6) is 0.390. The number of hydrogen-bond acceptors (Lipinski definition) is 2. The number of halogens is 1. The molecule has 0 unspecified atom stereocenters. The van der Waals surface area contributed by atoms with Crippen LogP contribution in [0.5, 0.6) is 0 Å². The Morgan fingerprint density at radius 1 is 1.39 bits per heavy atom. The van der Waals surface area contributed by atoms with Crippen molar-refractivity contribution in [3.05, 3.63) is 53.6 Å². The second kappa shape index (κ2) is 7.51. The first-order valence-electron chi connectivity index (χ1n) is 7.98. The summed E-state index contributed by atoms with van der Waals surface area (Å²) >= 11 is 6.00. The maximum absolute atomic E-state index is 11.9. The Kier molecular flexibility index (Phi) is 5.18. The fourth-order valence-electron chi connectivity index (χ4n) is 2.72. The van der Waals surface area contributed by atoms with Crippen LogP contribution in [0.15, 0.2) is 43.0 Å². The van der Waals surface area contributed by atoms with E-state index in [1.165, 1.54) is 5.56 Å². The van der Waals surface area contributed by atoms with Gasteiger partial charge in [-0.15, -0.1) is 0 Å². The third kappa shape index (κ3) is 4.73. The highest BCUT2D eigenvalue weighted by Crippen LogP contribution is 2.41. The normalized spacial score (nSPS) is 19.3. The van der Waals surface area contributed by atoms with Crippen LogP contribution in [-0.2, 0) is 6.54 Å². The maximum Gasteiger partial charge on any atom is 0.315 e. The smallest absolute Gasteiger partial charge is 0.315 e. The van der Waals surface area contributed by atoms with Crippen LogP contribution in [0.25, 0.3) is 0 Å². The molecule has 1 heterocycles. The second-order valence-electron chi connectivity index (χ2n) is 5.91. The van der Waals surface area contributed by atoms with Gasteiger partial charge in [0.15, 0.2) is 0 Å². The molecule has 2 atom stereocenters. The van der Waals surface area contributed by atoms with Crippen molar-refractivity contribution in [3.63, 3.8) is 0 Å². The van der Waals surface area contributed by atoms with E-state index in [4.69, 9.17) is 11.6 Å². The summed E-state index contributed by atoms with van der Waals surface area (Å²) in [7, 11) is 0. The molecule has 6 heteroatoms. The molecule has 0 radical (unpaired) electrons. The fourth-order valence-corrected chi connectivity index (χ4v) is 2.92. The number of unbranched alkanes of at least 4 members (excludes halogenated alkanes) is 1. The van der Waals surface area contributed by atoms with Crippen molar-refractivity contribution in [3.8, 4) is 0 Å². The second-order valence-corrected chi connectivity index (χ2v) is 6.35. The van der Waals surface area contributed by atoms with E-state index in [0.29, 0.717) is 12.5 Å². The first-order valence-corrected chi connectivity index (χ1v) is 8.36. The van der Waals surface area contributed by atoms with E-state index in [1.54, 1.807) is 6.20 Å². The van der Waals surface area contributed by atoms with Crippen LogP contribution in [-0.4, -0.2) is 28.2 Å². The standard InChI is InChI=1S/C17H21ClN4O/c18-14-5-3-4-13(10-14)15-11-16(15)21-17(23)20-6-1-2-8-22-9-7-19-12-22/h3-5,7,9-10,12,15-16H,1-2,6,8,11H2,(H2,20,21,23)/t15-,16-/m1/s1. The van der Waals surface area contributed by atoms with Crippen molar-refractivity contribution >= 4 is 17.6 Å². The minimum atomic E-state index is -0.0813. The van der Waals surface area contributed by atoms with Crippen LogP contribution < -0.4 is 10.6 Å². The quantitative estimate of drug-likeness (QED) is 0.765. The van der Waals surface area contributed by atoms with Crippen molar-refractivity contribution in [2.75, 3.05) is 6.54 Å². The number of carbonyl (C=O) groups is 1. The molecular formula is C17H21ClN4O. The van der Waals surface area contributed by atoms with Gasteiger partial charge in [0.2, 0.25) is 0 Å². The number of rotatable bonds is 7. The Bertz CT molecular complexity index is 644. The summed E-state index contributed by atoms with van der Waals surface area (Å²) in [4.78, 5) is 15.9. The number of urea groups is 1. The molecule has 1 aliphatic rings. The molecule has 1 fully saturated rings. The minimum absolute atomic E-state index is 0.0813. The van der Waals surface area contributed by atoms with E-state index in [0.717, 1.165) is 30.8 Å². The van der Waals surface area contributed by atoms with Gasteiger partial charge in [0.05, 0.1) is 6.33 Å². The van der Waals surface area contributed by atoms with Gasteiger partial charge in [0, 0.05) is 42.5 Å². The largest absolute Gasteiger partial charge is 0.338 e. The predicted molar refractivity (Wildman–Crippen MR) is 90.6 cm³/mol.